The summed E-state index contributed by atoms with van der Waals surface area (Å²) >= 11 is 0. The first kappa shape index (κ1) is 30.5. The van der Waals surface area contributed by atoms with Gasteiger partial charge in [-0.25, -0.2) is 8.42 Å². The van der Waals surface area contributed by atoms with Crippen molar-refractivity contribution in [3.63, 3.8) is 0 Å². The number of sulfone groups is 1. The van der Waals surface area contributed by atoms with Gasteiger partial charge in [-0.1, -0.05) is 12.1 Å². The minimum Gasteiger partial charge on any atom is -0.497 e. The summed E-state index contributed by atoms with van der Waals surface area (Å²) < 4.78 is 34.5. The molecule has 2 amide bonds. The van der Waals surface area contributed by atoms with Crippen LogP contribution in [0.2, 0.25) is 0 Å². The van der Waals surface area contributed by atoms with Crippen molar-refractivity contribution in [1.82, 2.24) is 20.1 Å². The number of hydrogen-bond donors (Lipinski definition) is 1. The van der Waals surface area contributed by atoms with Crippen molar-refractivity contribution >= 4 is 21.7 Å². The topological polar surface area (TPSA) is 118 Å². The van der Waals surface area contributed by atoms with E-state index in [-0.39, 0.29) is 28.9 Å². The normalized spacial score (nSPS) is 16.9. The first-order valence-electron chi connectivity index (χ1n) is 14.6. The van der Waals surface area contributed by atoms with E-state index in [0.29, 0.717) is 42.9 Å². The fourth-order valence-electron chi connectivity index (χ4n) is 5.46. The summed E-state index contributed by atoms with van der Waals surface area (Å²) in [5, 5.41) is 3.10. The third-order valence-corrected chi connectivity index (χ3v) is 9.14. The van der Waals surface area contributed by atoms with Gasteiger partial charge in [-0.15, -0.1) is 0 Å². The number of nitrogens with one attached hydrogen (secondary N) is 1. The molecular weight excluding hydrogens is 568 g/mol. The Kier molecular flexibility index (Phi) is 9.62. The molecule has 228 valence electrons. The summed E-state index contributed by atoms with van der Waals surface area (Å²) in [6.07, 6.45) is 5.63. The zero-order chi connectivity index (χ0) is 30.4. The maximum absolute atomic E-state index is 13.1. The number of methoxy groups -OCH3 is 1. The highest BCUT2D eigenvalue weighted by Gasteiger charge is 2.26. The van der Waals surface area contributed by atoms with Crippen molar-refractivity contribution in [2.24, 2.45) is 0 Å². The Balaban J connectivity index is 1.05. The molecule has 11 heteroatoms. The van der Waals surface area contributed by atoms with Crippen molar-refractivity contribution in [3.8, 4) is 11.5 Å². The summed E-state index contributed by atoms with van der Waals surface area (Å²) in [7, 11) is -1.59. The van der Waals surface area contributed by atoms with Gasteiger partial charge in [0.1, 0.15) is 23.3 Å². The van der Waals surface area contributed by atoms with Gasteiger partial charge in [0.05, 0.1) is 17.6 Å². The molecule has 10 nitrogen and oxygen atoms in total. The molecule has 0 aliphatic carbocycles. The summed E-state index contributed by atoms with van der Waals surface area (Å²) in [5.74, 6) is 1.10. The van der Waals surface area contributed by atoms with Gasteiger partial charge in [0, 0.05) is 64.1 Å². The van der Waals surface area contributed by atoms with Gasteiger partial charge in [-0.3, -0.25) is 19.5 Å². The molecule has 2 aliphatic rings. The molecule has 43 heavy (non-hydrogen) atoms. The molecular formula is C32H38N4O6S. The Labute approximate surface area is 252 Å². The van der Waals surface area contributed by atoms with Crippen LogP contribution in [0.1, 0.15) is 52.1 Å². The van der Waals surface area contributed by atoms with Crippen LogP contribution in [0.25, 0.3) is 0 Å². The average molecular weight is 607 g/mol. The number of benzene rings is 2. The minimum atomic E-state index is -3.25. The zero-order valence-corrected chi connectivity index (χ0v) is 25.4. The lowest BCUT2D eigenvalue weighted by atomic mass is 10.0. The fraction of sp³-hybridized carbons (Fsp3) is 0.406. The third-order valence-electron chi connectivity index (χ3n) is 8.01. The van der Waals surface area contributed by atoms with E-state index in [4.69, 9.17) is 9.47 Å². The van der Waals surface area contributed by atoms with Crippen LogP contribution < -0.4 is 14.8 Å². The van der Waals surface area contributed by atoms with Gasteiger partial charge < -0.3 is 19.7 Å². The maximum Gasteiger partial charge on any atom is 0.270 e. The molecule has 3 heterocycles. The van der Waals surface area contributed by atoms with Crippen molar-refractivity contribution in [1.29, 1.82) is 0 Å². The lowest BCUT2D eigenvalue weighted by molar-refractivity contribution is 0.0594. The van der Waals surface area contributed by atoms with Gasteiger partial charge >= 0.3 is 0 Å². The smallest absolute Gasteiger partial charge is 0.270 e. The predicted molar refractivity (Wildman–Crippen MR) is 162 cm³/mol. The zero-order valence-electron chi connectivity index (χ0n) is 24.6. The number of hydrogen-bond acceptors (Lipinski definition) is 8. The standard InChI is InChI=1S/C32H38N4O6S/c1-41-26-6-3-23(4-7-26)22-35-17-13-25(14-18-35)34-31(37)30-12-5-24(21-33-30)32(38)36-19-15-28(16-20-36)42-27-8-10-29(11-9-27)43(2,39)40/h3-12,21,25,28H,13-20,22H2,1-2H3,(H,34,37). The molecule has 2 aromatic carbocycles. The number of amides is 2. The highest BCUT2D eigenvalue weighted by atomic mass is 32.2. The Bertz CT molecular complexity index is 1490. The molecule has 0 saturated carbocycles. The van der Waals surface area contributed by atoms with E-state index in [1.54, 1.807) is 36.3 Å². The van der Waals surface area contributed by atoms with Gasteiger partial charge in [0.25, 0.3) is 11.8 Å². The third kappa shape index (κ3) is 8.11. The highest BCUT2D eigenvalue weighted by molar-refractivity contribution is 7.90. The van der Waals surface area contributed by atoms with Crippen LogP contribution in [0.3, 0.4) is 0 Å². The van der Waals surface area contributed by atoms with Gasteiger partial charge in [-0.05, 0) is 66.9 Å². The number of likely N-dealkylation sites (tertiary alicyclic amines) is 2. The van der Waals surface area contributed by atoms with E-state index in [2.05, 4.69) is 27.3 Å². The Morgan fingerprint density at radius 2 is 1.53 bits per heavy atom. The molecule has 2 aliphatic heterocycles. The molecule has 0 bridgehead atoms. The highest BCUT2D eigenvalue weighted by Crippen LogP contribution is 2.22. The lowest BCUT2D eigenvalue weighted by Crippen LogP contribution is -2.44. The van der Waals surface area contributed by atoms with Crippen LogP contribution in [-0.4, -0.2) is 86.7 Å². The second-order valence-electron chi connectivity index (χ2n) is 11.2. The number of nitrogens with zero attached hydrogens (tertiary/aromatic N) is 3. The molecule has 1 N–H and O–H groups in total. The predicted octanol–water partition coefficient (Wildman–Crippen LogP) is 3.57. The van der Waals surface area contributed by atoms with Gasteiger partial charge in [0.2, 0.25) is 0 Å². The second kappa shape index (κ2) is 13.6. The van der Waals surface area contributed by atoms with Crippen LogP contribution in [0.5, 0.6) is 11.5 Å². The lowest BCUT2D eigenvalue weighted by Gasteiger charge is -2.32. The van der Waals surface area contributed by atoms with E-state index in [1.165, 1.54) is 30.1 Å². The summed E-state index contributed by atoms with van der Waals surface area (Å²) in [6, 6.07) is 17.8. The average Bonchev–Trinajstić information content (AvgIpc) is 3.02. The number of ether oxygens (including phenoxy) is 2. The molecule has 0 unspecified atom stereocenters. The fourth-order valence-corrected chi connectivity index (χ4v) is 6.09. The van der Waals surface area contributed by atoms with E-state index in [9.17, 15) is 18.0 Å². The summed E-state index contributed by atoms with van der Waals surface area (Å²) in [5.41, 5.74) is 1.98. The summed E-state index contributed by atoms with van der Waals surface area (Å²) in [4.78, 5) is 34.6. The number of rotatable bonds is 9. The molecule has 2 saturated heterocycles. The van der Waals surface area contributed by atoms with Gasteiger partial charge in [0.15, 0.2) is 9.84 Å². The van der Waals surface area contributed by atoms with Crippen LogP contribution in [0.4, 0.5) is 0 Å². The van der Waals surface area contributed by atoms with Crippen molar-refractivity contribution in [2.45, 2.75) is 49.3 Å². The molecule has 5 rings (SSSR count). The Hall–Kier alpha value is -3.96. The van der Waals surface area contributed by atoms with E-state index in [0.717, 1.165) is 38.2 Å². The molecule has 0 atom stereocenters. The first-order chi connectivity index (χ1) is 20.7. The van der Waals surface area contributed by atoms with Crippen LogP contribution in [0.15, 0.2) is 71.8 Å². The number of pyridine rings is 1. The number of carbonyl (C=O) groups excluding carboxylic acids is 2. The number of carbonyl (C=O) groups is 2. The van der Waals surface area contributed by atoms with E-state index < -0.39 is 9.84 Å². The van der Waals surface area contributed by atoms with E-state index in [1.807, 2.05) is 12.1 Å². The molecule has 2 fully saturated rings. The molecule has 0 spiro atoms. The van der Waals surface area contributed by atoms with E-state index >= 15 is 0 Å². The largest absolute Gasteiger partial charge is 0.497 e. The maximum atomic E-state index is 13.1. The van der Waals surface area contributed by atoms with Crippen LogP contribution in [-0.2, 0) is 16.4 Å². The number of aromatic nitrogens is 1. The molecule has 0 radical (unpaired) electrons. The minimum absolute atomic E-state index is 0.0633. The SMILES string of the molecule is COc1ccc(CN2CCC(NC(=O)c3ccc(C(=O)N4CCC(Oc5ccc(S(C)(=O)=O)cc5)CC4)cn3)CC2)cc1. The van der Waals surface area contributed by atoms with Crippen LogP contribution >= 0.6 is 0 Å². The van der Waals surface area contributed by atoms with Crippen molar-refractivity contribution in [2.75, 3.05) is 39.5 Å². The van der Waals surface area contributed by atoms with Crippen molar-refractivity contribution < 1.29 is 27.5 Å². The summed E-state index contributed by atoms with van der Waals surface area (Å²) in [6.45, 7) is 3.73. The quantitative estimate of drug-likeness (QED) is 0.393. The monoisotopic (exact) mass is 606 g/mol. The second-order valence-corrected chi connectivity index (χ2v) is 13.2. The molecule has 3 aromatic rings. The van der Waals surface area contributed by atoms with Gasteiger partial charge in [-0.2, -0.15) is 0 Å². The molecule has 1 aromatic heterocycles. The van der Waals surface area contributed by atoms with Crippen LogP contribution in [0, 0.1) is 0 Å². The van der Waals surface area contributed by atoms with Crippen molar-refractivity contribution in [3.05, 3.63) is 83.7 Å². The number of piperidine rings is 2. The Morgan fingerprint density at radius 3 is 2.12 bits per heavy atom. The Morgan fingerprint density at radius 1 is 0.884 bits per heavy atom. The first-order valence-corrected chi connectivity index (χ1v) is 16.5.